The SMILES string of the molecule is N#Cc1cc([C@H](OCc2ccccc2)[C@@H](CO)OCc2ccccc2)c(COCc2ccccc2)nc1N. The molecule has 0 aliphatic carbocycles. The van der Waals surface area contributed by atoms with Crippen molar-refractivity contribution in [3.05, 3.63) is 131 Å². The van der Waals surface area contributed by atoms with Crippen molar-refractivity contribution in [3.8, 4) is 6.07 Å². The lowest BCUT2D eigenvalue weighted by Gasteiger charge is -2.28. The molecule has 0 unspecified atom stereocenters. The molecule has 0 radical (unpaired) electrons. The second-order valence-electron chi connectivity index (χ2n) is 8.78. The Morgan fingerprint density at radius 3 is 1.82 bits per heavy atom. The largest absolute Gasteiger partial charge is 0.394 e. The minimum Gasteiger partial charge on any atom is -0.394 e. The van der Waals surface area contributed by atoms with Gasteiger partial charge in [0.15, 0.2) is 0 Å². The molecule has 1 heterocycles. The van der Waals surface area contributed by atoms with Crippen molar-refractivity contribution in [2.75, 3.05) is 12.3 Å². The first-order chi connectivity index (χ1) is 18.7. The van der Waals surface area contributed by atoms with Gasteiger partial charge in [0.05, 0.1) is 44.3 Å². The Morgan fingerprint density at radius 1 is 0.763 bits per heavy atom. The molecule has 0 saturated heterocycles. The predicted molar refractivity (Wildman–Crippen MR) is 144 cm³/mol. The number of benzene rings is 3. The number of hydrogen-bond acceptors (Lipinski definition) is 7. The van der Waals surface area contributed by atoms with Crippen LogP contribution in [-0.4, -0.2) is 22.8 Å². The Kier molecular flexibility index (Phi) is 9.96. The van der Waals surface area contributed by atoms with E-state index in [1.807, 2.05) is 91.0 Å². The first-order valence-electron chi connectivity index (χ1n) is 12.4. The number of aliphatic hydroxyl groups excluding tert-OH is 1. The summed E-state index contributed by atoms with van der Waals surface area (Å²) < 4.78 is 18.5. The Bertz CT molecular complexity index is 1310. The lowest BCUT2D eigenvalue weighted by Crippen LogP contribution is -2.30. The highest BCUT2D eigenvalue weighted by Gasteiger charge is 2.29. The molecule has 3 aromatic carbocycles. The Morgan fingerprint density at radius 2 is 1.29 bits per heavy atom. The summed E-state index contributed by atoms with van der Waals surface area (Å²) in [6.45, 7) is 0.772. The molecular formula is C31H31N3O4. The second-order valence-corrected chi connectivity index (χ2v) is 8.78. The van der Waals surface area contributed by atoms with Gasteiger partial charge in [-0.2, -0.15) is 5.26 Å². The highest BCUT2D eigenvalue weighted by Crippen LogP contribution is 2.31. The smallest absolute Gasteiger partial charge is 0.141 e. The molecule has 2 atom stereocenters. The van der Waals surface area contributed by atoms with Crippen LogP contribution in [0.1, 0.15) is 39.6 Å². The van der Waals surface area contributed by atoms with E-state index in [-0.39, 0.29) is 37.8 Å². The number of nitrogens with two attached hydrogens (primary N) is 1. The van der Waals surface area contributed by atoms with E-state index in [0.29, 0.717) is 17.9 Å². The standard InChI is InChI=1S/C31H31N3O4/c32-17-26-16-27(28(34-31(26)33)22-36-19-23-10-4-1-5-11-23)30(38-21-25-14-8-3-9-15-25)29(18-35)37-20-24-12-6-2-7-13-24/h1-16,29-30,35H,18-22H2,(H2,33,34)/t29-,30+/m1/s1. The van der Waals surface area contributed by atoms with Crippen LogP contribution in [-0.2, 0) is 40.6 Å². The highest BCUT2D eigenvalue weighted by molar-refractivity contribution is 5.51. The van der Waals surface area contributed by atoms with Crippen molar-refractivity contribution >= 4 is 5.82 Å². The summed E-state index contributed by atoms with van der Waals surface area (Å²) in [5.74, 6) is 0.113. The molecule has 194 valence electrons. The Labute approximate surface area is 223 Å². The monoisotopic (exact) mass is 509 g/mol. The average Bonchev–Trinajstić information content (AvgIpc) is 2.97. The van der Waals surface area contributed by atoms with Crippen molar-refractivity contribution in [2.45, 2.75) is 38.6 Å². The summed E-state index contributed by atoms with van der Waals surface area (Å²) >= 11 is 0. The van der Waals surface area contributed by atoms with E-state index < -0.39 is 12.2 Å². The maximum atomic E-state index is 10.4. The van der Waals surface area contributed by atoms with E-state index in [2.05, 4.69) is 11.1 Å². The number of aliphatic hydroxyl groups is 1. The van der Waals surface area contributed by atoms with Crippen LogP contribution >= 0.6 is 0 Å². The summed E-state index contributed by atoms with van der Waals surface area (Å²) in [6.07, 6.45) is -1.47. The molecule has 0 bridgehead atoms. The van der Waals surface area contributed by atoms with Gasteiger partial charge in [-0.3, -0.25) is 0 Å². The van der Waals surface area contributed by atoms with E-state index in [1.165, 1.54) is 0 Å². The van der Waals surface area contributed by atoms with Gasteiger partial charge in [0.2, 0.25) is 0 Å². The number of ether oxygens (including phenoxy) is 3. The van der Waals surface area contributed by atoms with Crippen LogP contribution in [0.4, 0.5) is 5.82 Å². The van der Waals surface area contributed by atoms with Crippen molar-refractivity contribution < 1.29 is 19.3 Å². The van der Waals surface area contributed by atoms with Crippen LogP contribution < -0.4 is 5.73 Å². The molecule has 0 spiro atoms. The number of nitrogens with zero attached hydrogens (tertiary/aromatic N) is 2. The van der Waals surface area contributed by atoms with Crippen LogP contribution in [0.5, 0.6) is 0 Å². The van der Waals surface area contributed by atoms with Crippen LogP contribution in [0.15, 0.2) is 97.1 Å². The Balaban J connectivity index is 1.63. The van der Waals surface area contributed by atoms with Crippen LogP contribution in [0, 0.1) is 11.3 Å². The summed E-state index contributed by atoms with van der Waals surface area (Å²) in [7, 11) is 0. The van der Waals surface area contributed by atoms with E-state index in [0.717, 1.165) is 16.7 Å². The third-order valence-corrected chi connectivity index (χ3v) is 6.04. The van der Waals surface area contributed by atoms with Gasteiger partial charge in [0.25, 0.3) is 0 Å². The zero-order valence-corrected chi connectivity index (χ0v) is 21.1. The van der Waals surface area contributed by atoms with Crippen molar-refractivity contribution in [1.29, 1.82) is 5.26 Å². The van der Waals surface area contributed by atoms with Crippen LogP contribution in [0.3, 0.4) is 0 Å². The van der Waals surface area contributed by atoms with Crippen LogP contribution in [0.25, 0.3) is 0 Å². The number of hydrogen-bond donors (Lipinski definition) is 2. The number of pyridine rings is 1. The fraction of sp³-hybridized carbons (Fsp3) is 0.226. The molecule has 4 rings (SSSR count). The number of anilines is 1. The van der Waals surface area contributed by atoms with E-state index in [1.54, 1.807) is 6.07 Å². The topological polar surface area (TPSA) is 111 Å². The number of nitrogen functional groups attached to an aromatic ring is 1. The van der Waals surface area contributed by atoms with Crippen molar-refractivity contribution in [3.63, 3.8) is 0 Å². The number of nitriles is 1. The fourth-order valence-electron chi connectivity index (χ4n) is 4.05. The lowest BCUT2D eigenvalue weighted by molar-refractivity contribution is -0.107. The quantitative estimate of drug-likeness (QED) is 0.258. The molecule has 7 nitrogen and oxygen atoms in total. The van der Waals surface area contributed by atoms with Crippen molar-refractivity contribution in [2.24, 2.45) is 0 Å². The lowest BCUT2D eigenvalue weighted by atomic mass is 10.00. The molecule has 4 aromatic rings. The Hall–Kier alpha value is -4.06. The molecule has 3 N–H and O–H groups in total. The third kappa shape index (κ3) is 7.48. The van der Waals surface area contributed by atoms with Gasteiger partial charge in [0, 0.05) is 5.56 Å². The first-order valence-corrected chi connectivity index (χ1v) is 12.4. The molecule has 38 heavy (non-hydrogen) atoms. The molecule has 1 aromatic heterocycles. The third-order valence-electron chi connectivity index (χ3n) is 6.04. The number of aromatic nitrogens is 1. The summed E-state index contributed by atoms with van der Waals surface area (Å²) in [6, 6.07) is 33.0. The minimum absolute atomic E-state index is 0.113. The summed E-state index contributed by atoms with van der Waals surface area (Å²) in [4.78, 5) is 4.50. The normalized spacial score (nSPS) is 12.5. The molecule has 7 heteroatoms. The number of rotatable bonds is 13. The zero-order chi connectivity index (χ0) is 26.6. The van der Waals surface area contributed by atoms with E-state index in [9.17, 15) is 10.4 Å². The average molecular weight is 510 g/mol. The minimum atomic E-state index is -0.737. The molecular weight excluding hydrogens is 478 g/mol. The molecule has 0 aliphatic heterocycles. The predicted octanol–water partition coefficient (Wildman–Crippen LogP) is 5.09. The van der Waals surface area contributed by atoms with Crippen LogP contribution in [0.2, 0.25) is 0 Å². The van der Waals surface area contributed by atoms with Gasteiger partial charge in [-0.25, -0.2) is 4.98 Å². The maximum Gasteiger partial charge on any atom is 0.141 e. The maximum absolute atomic E-state index is 10.4. The van der Waals surface area contributed by atoms with Gasteiger partial charge in [0.1, 0.15) is 24.1 Å². The molecule has 0 fully saturated rings. The molecule has 0 amide bonds. The van der Waals surface area contributed by atoms with Crippen molar-refractivity contribution in [1.82, 2.24) is 4.98 Å². The van der Waals surface area contributed by atoms with Gasteiger partial charge in [-0.15, -0.1) is 0 Å². The zero-order valence-electron chi connectivity index (χ0n) is 21.1. The second kappa shape index (κ2) is 14.0. The van der Waals surface area contributed by atoms with Gasteiger partial charge in [-0.05, 0) is 22.8 Å². The van der Waals surface area contributed by atoms with Gasteiger partial charge >= 0.3 is 0 Å². The summed E-state index contributed by atoms with van der Waals surface area (Å²) in [5, 5.41) is 20.1. The highest BCUT2D eigenvalue weighted by atomic mass is 16.5. The van der Waals surface area contributed by atoms with Gasteiger partial charge < -0.3 is 25.1 Å². The summed E-state index contributed by atoms with van der Waals surface area (Å²) in [5.41, 5.74) is 10.4. The molecule has 0 saturated carbocycles. The van der Waals surface area contributed by atoms with E-state index in [4.69, 9.17) is 19.9 Å². The van der Waals surface area contributed by atoms with E-state index >= 15 is 0 Å². The molecule has 0 aliphatic rings. The van der Waals surface area contributed by atoms with Gasteiger partial charge in [-0.1, -0.05) is 91.0 Å². The first kappa shape index (κ1) is 27.0. The fourth-order valence-corrected chi connectivity index (χ4v) is 4.05.